The molecule has 0 amide bonds. The number of hydrogen-bond donors (Lipinski definition) is 2. The van der Waals surface area contributed by atoms with Crippen LogP contribution in [-0.4, -0.2) is 25.8 Å². The van der Waals surface area contributed by atoms with Crippen LogP contribution in [0.25, 0.3) is 16.7 Å². The van der Waals surface area contributed by atoms with E-state index in [4.69, 9.17) is 0 Å². The zero-order valence-corrected chi connectivity index (χ0v) is 14.4. The number of fused-ring (bicyclic) bond motifs is 1. The van der Waals surface area contributed by atoms with Gasteiger partial charge in [0.2, 0.25) is 0 Å². The van der Waals surface area contributed by atoms with Gasteiger partial charge in [0.15, 0.2) is 0 Å². The van der Waals surface area contributed by atoms with Crippen LogP contribution in [0.1, 0.15) is 23.6 Å². The predicted octanol–water partition coefficient (Wildman–Crippen LogP) is 3.56. The molecule has 2 heterocycles. The number of benzene rings is 3. The number of aromatic hydroxyl groups is 1. The summed E-state index contributed by atoms with van der Waals surface area (Å²) in [4.78, 5) is 0. The summed E-state index contributed by atoms with van der Waals surface area (Å²) in [7, 11) is 0. The maximum absolute atomic E-state index is 10.0. The SMILES string of the molecule is Oc1ccccc1C1=NNC(c2ccc(-n3nnc4ccccc43)cc2)C1. The van der Waals surface area contributed by atoms with Crippen molar-refractivity contribution < 1.29 is 5.11 Å². The third-order valence-corrected chi connectivity index (χ3v) is 4.86. The van der Waals surface area contributed by atoms with Gasteiger partial charge in [0.05, 0.1) is 23.0 Å². The van der Waals surface area contributed by atoms with Crippen molar-refractivity contribution in [3.05, 3.63) is 83.9 Å². The molecule has 6 heteroatoms. The fourth-order valence-electron chi connectivity index (χ4n) is 3.43. The second kappa shape index (κ2) is 6.25. The molecule has 0 fully saturated rings. The van der Waals surface area contributed by atoms with Gasteiger partial charge in [0.1, 0.15) is 11.3 Å². The number of nitrogens with one attached hydrogen (secondary N) is 1. The lowest BCUT2D eigenvalue weighted by Crippen LogP contribution is -2.10. The highest BCUT2D eigenvalue weighted by Crippen LogP contribution is 2.28. The van der Waals surface area contributed by atoms with E-state index in [-0.39, 0.29) is 11.8 Å². The van der Waals surface area contributed by atoms with Gasteiger partial charge in [-0.15, -0.1) is 5.10 Å². The quantitative estimate of drug-likeness (QED) is 0.589. The monoisotopic (exact) mass is 355 g/mol. The van der Waals surface area contributed by atoms with E-state index in [1.807, 2.05) is 59.3 Å². The Morgan fingerprint density at radius 1 is 0.926 bits per heavy atom. The summed E-state index contributed by atoms with van der Waals surface area (Å²) in [5.74, 6) is 0.257. The molecule has 6 nitrogen and oxygen atoms in total. The summed E-state index contributed by atoms with van der Waals surface area (Å²) in [6, 6.07) is 23.5. The molecule has 1 aliphatic heterocycles. The van der Waals surface area contributed by atoms with E-state index in [9.17, 15) is 5.11 Å². The average molecular weight is 355 g/mol. The number of para-hydroxylation sites is 2. The zero-order valence-electron chi connectivity index (χ0n) is 14.4. The Bertz CT molecular complexity index is 1150. The van der Waals surface area contributed by atoms with Gasteiger partial charge in [-0.05, 0) is 42.0 Å². The van der Waals surface area contributed by atoms with Gasteiger partial charge in [0.25, 0.3) is 0 Å². The van der Waals surface area contributed by atoms with Gasteiger partial charge in [-0.2, -0.15) is 5.10 Å². The normalized spacial score (nSPS) is 16.3. The molecule has 1 aromatic heterocycles. The molecule has 1 aliphatic rings. The van der Waals surface area contributed by atoms with Crippen molar-refractivity contribution in [2.24, 2.45) is 5.10 Å². The van der Waals surface area contributed by atoms with Gasteiger partial charge >= 0.3 is 0 Å². The number of phenolic OH excluding ortho intramolecular Hbond substituents is 1. The maximum Gasteiger partial charge on any atom is 0.124 e. The first-order valence-electron chi connectivity index (χ1n) is 8.81. The van der Waals surface area contributed by atoms with Crippen LogP contribution in [0, 0.1) is 0 Å². The molecule has 1 unspecified atom stereocenters. The van der Waals surface area contributed by atoms with Crippen LogP contribution in [-0.2, 0) is 0 Å². The fraction of sp³-hybridized carbons (Fsp3) is 0.0952. The van der Waals surface area contributed by atoms with Crippen molar-refractivity contribution in [3.63, 3.8) is 0 Å². The molecule has 1 atom stereocenters. The Morgan fingerprint density at radius 3 is 2.56 bits per heavy atom. The lowest BCUT2D eigenvalue weighted by Gasteiger charge is -2.11. The Hall–Kier alpha value is -3.67. The zero-order chi connectivity index (χ0) is 18.2. The van der Waals surface area contributed by atoms with Crippen molar-refractivity contribution in [3.8, 4) is 11.4 Å². The number of rotatable bonds is 3. The first-order chi connectivity index (χ1) is 13.3. The molecule has 27 heavy (non-hydrogen) atoms. The third kappa shape index (κ3) is 2.71. The van der Waals surface area contributed by atoms with Crippen LogP contribution in [0.2, 0.25) is 0 Å². The average Bonchev–Trinajstić information content (AvgIpc) is 3.36. The predicted molar refractivity (Wildman–Crippen MR) is 104 cm³/mol. The topological polar surface area (TPSA) is 75.3 Å². The minimum absolute atomic E-state index is 0.0844. The summed E-state index contributed by atoms with van der Waals surface area (Å²) in [6.07, 6.45) is 0.725. The van der Waals surface area contributed by atoms with E-state index < -0.39 is 0 Å². The van der Waals surface area contributed by atoms with Crippen molar-refractivity contribution >= 4 is 16.7 Å². The van der Waals surface area contributed by atoms with Crippen LogP contribution in [0.5, 0.6) is 5.75 Å². The van der Waals surface area contributed by atoms with Gasteiger partial charge in [-0.3, -0.25) is 0 Å². The maximum atomic E-state index is 10.0. The Morgan fingerprint density at radius 2 is 1.70 bits per heavy atom. The number of phenols is 1. The van der Waals surface area contributed by atoms with Crippen molar-refractivity contribution in [2.45, 2.75) is 12.5 Å². The summed E-state index contributed by atoms with van der Waals surface area (Å²) in [5, 5.41) is 22.9. The first kappa shape index (κ1) is 15.6. The van der Waals surface area contributed by atoms with E-state index in [0.717, 1.165) is 40.0 Å². The van der Waals surface area contributed by atoms with Crippen LogP contribution in [0.4, 0.5) is 0 Å². The minimum atomic E-state index is 0.0844. The highest BCUT2D eigenvalue weighted by molar-refractivity contribution is 6.03. The molecule has 0 radical (unpaired) electrons. The molecule has 132 valence electrons. The Kier molecular flexibility index (Phi) is 3.60. The molecule has 0 aliphatic carbocycles. The third-order valence-electron chi connectivity index (χ3n) is 4.86. The lowest BCUT2D eigenvalue weighted by atomic mass is 9.98. The summed E-state index contributed by atoms with van der Waals surface area (Å²) < 4.78 is 1.84. The molecule has 2 N–H and O–H groups in total. The fourth-order valence-corrected chi connectivity index (χ4v) is 3.43. The molecular formula is C21H17N5O. The van der Waals surface area contributed by atoms with Crippen molar-refractivity contribution in [1.29, 1.82) is 0 Å². The van der Waals surface area contributed by atoms with Crippen LogP contribution < -0.4 is 5.43 Å². The number of hydrazone groups is 1. The largest absolute Gasteiger partial charge is 0.507 e. The van der Waals surface area contributed by atoms with Crippen LogP contribution >= 0.6 is 0 Å². The van der Waals surface area contributed by atoms with Gasteiger partial charge in [0, 0.05) is 12.0 Å². The Balaban J connectivity index is 1.38. The van der Waals surface area contributed by atoms with Crippen molar-refractivity contribution in [2.75, 3.05) is 0 Å². The van der Waals surface area contributed by atoms with E-state index >= 15 is 0 Å². The van der Waals surface area contributed by atoms with Gasteiger partial charge in [-0.25, -0.2) is 4.68 Å². The molecule has 4 aromatic rings. The van der Waals surface area contributed by atoms with E-state index in [0.29, 0.717) is 0 Å². The van der Waals surface area contributed by atoms with E-state index in [2.05, 4.69) is 33.0 Å². The van der Waals surface area contributed by atoms with Gasteiger partial charge < -0.3 is 10.5 Å². The highest BCUT2D eigenvalue weighted by Gasteiger charge is 2.22. The molecule has 5 rings (SSSR count). The molecule has 0 saturated heterocycles. The van der Waals surface area contributed by atoms with Crippen LogP contribution in [0.15, 0.2) is 77.9 Å². The minimum Gasteiger partial charge on any atom is -0.507 e. The smallest absolute Gasteiger partial charge is 0.124 e. The number of hydrogen-bond acceptors (Lipinski definition) is 5. The highest BCUT2D eigenvalue weighted by atomic mass is 16.3. The Labute approximate surface area is 155 Å². The molecule has 0 spiro atoms. The second-order valence-corrected chi connectivity index (χ2v) is 6.54. The standard InChI is InChI=1S/C21H17N5O/c27-21-8-4-1-5-16(21)19-13-18(22-23-19)14-9-11-15(12-10-14)26-20-7-3-2-6-17(20)24-25-26/h1-12,18,22,27H,13H2. The summed E-state index contributed by atoms with van der Waals surface area (Å²) in [6.45, 7) is 0. The molecular weight excluding hydrogens is 338 g/mol. The van der Waals surface area contributed by atoms with Crippen LogP contribution in [0.3, 0.4) is 0 Å². The summed E-state index contributed by atoms with van der Waals surface area (Å²) in [5.41, 5.74) is 8.77. The van der Waals surface area contributed by atoms with Gasteiger partial charge in [-0.1, -0.05) is 41.6 Å². The van der Waals surface area contributed by atoms with Crippen molar-refractivity contribution in [1.82, 2.24) is 20.4 Å². The second-order valence-electron chi connectivity index (χ2n) is 6.54. The first-order valence-corrected chi connectivity index (χ1v) is 8.81. The summed E-state index contributed by atoms with van der Waals surface area (Å²) >= 11 is 0. The molecule has 3 aromatic carbocycles. The van der Waals surface area contributed by atoms with E-state index in [1.165, 1.54) is 0 Å². The molecule has 0 saturated carbocycles. The lowest BCUT2D eigenvalue weighted by molar-refractivity contribution is 0.474. The molecule has 0 bridgehead atoms. The van der Waals surface area contributed by atoms with E-state index in [1.54, 1.807) is 6.07 Å². The number of nitrogens with zero attached hydrogens (tertiary/aromatic N) is 4. The number of aromatic nitrogens is 3.